The Kier molecular flexibility index (Phi) is 7.36. The summed E-state index contributed by atoms with van der Waals surface area (Å²) in [5.74, 6) is 0.551. The van der Waals surface area contributed by atoms with E-state index in [0.717, 1.165) is 24.8 Å². The molecule has 31 heavy (non-hydrogen) atoms. The van der Waals surface area contributed by atoms with Crippen LogP contribution >= 0.6 is 23.7 Å². The number of aryl methyl sites for hydroxylation is 2. The van der Waals surface area contributed by atoms with Crippen LogP contribution in [-0.2, 0) is 6.42 Å². The molecule has 2 aromatic rings. The van der Waals surface area contributed by atoms with Gasteiger partial charge in [0.1, 0.15) is 18.0 Å². The lowest BCUT2D eigenvalue weighted by molar-refractivity contribution is -0.385. The van der Waals surface area contributed by atoms with Gasteiger partial charge in [0.15, 0.2) is 5.78 Å². The lowest BCUT2D eigenvalue weighted by atomic mass is 9.87. The van der Waals surface area contributed by atoms with E-state index in [1.54, 1.807) is 30.4 Å². The van der Waals surface area contributed by atoms with Crippen molar-refractivity contribution in [1.82, 2.24) is 5.32 Å². The van der Waals surface area contributed by atoms with Crippen molar-refractivity contribution in [2.45, 2.75) is 57.8 Å². The highest BCUT2D eigenvalue weighted by molar-refractivity contribution is 7.12. The third-order valence-electron chi connectivity index (χ3n) is 6.20. The molecule has 1 fully saturated rings. The van der Waals surface area contributed by atoms with E-state index in [1.807, 2.05) is 13.0 Å². The molecule has 4 unspecified atom stereocenters. The van der Waals surface area contributed by atoms with E-state index in [4.69, 9.17) is 4.74 Å². The minimum Gasteiger partial charge on any atom is -0.487 e. The number of carbonyl (C=O) groups excluding carboxylic acids is 1. The molecule has 1 saturated carbocycles. The van der Waals surface area contributed by atoms with Gasteiger partial charge in [-0.15, -0.1) is 23.7 Å². The lowest BCUT2D eigenvalue weighted by Crippen LogP contribution is -2.44. The topological polar surface area (TPSA) is 102 Å². The number of nitro groups is 1. The number of hydrogen-bond donors (Lipinski definition) is 2. The Hall–Kier alpha value is -2.00. The summed E-state index contributed by atoms with van der Waals surface area (Å²) in [5, 5.41) is 25.2. The highest BCUT2D eigenvalue weighted by Crippen LogP contribution is 2.33. The number of rotatable bonds is 6. The number of ketones is 1. The molecule has 0 aliphatic heterocycles. The summed E-state index contributed by atoms with van der Waals surface area (Å²) in [6, 6.07) is 6.56. The van der Waals surface area contributed by atoms with E-state index in [9.17, 15) is 20.0 Å². The number of aliphatic hydroxyl groups excluding tert-OH is 1. The van der Waals surface area contributed by atoms with Crippen LogP contribution in [0.4, 0.5) is 5.69 Å². The molecule has 2 aliphatic carbocycles. The molecule has 0 radical (unpaired) electrons. The Morgan fingerprint density at radius 2 is 2.06 bits per heavy atom. The van der Waals surface area contributed by atoms with Crippen molar-refractivity contribution in [2.24, 2.45) is 5.92 Å². The predicted molar refractivity (Wildman–Crippen MR) is 122 cm³/mol. The first-order valence-corrected chi connectivity index (χ1v) is 11.1. The third kappa shape index (κ3) is 4.77. The number of benzene rings is 1. The smallest absolute Gasteiger partial charge is 0.276 e. The summed E-state index contributed by atoms with van der Waals surface area (Å²) < 4.78 is 5.94. The number of nitrogens with one attached hydrogen (secondary N) is 1. The van der Waals surface area contributed by atoms with Gasteiger partial charge in [0.2, 0.25) is 0 Å². The summed E-state index contributed by atoms with van der Waals surface area (Å²) in [4.78, 5) is 25.8. The van der Waals surface area contributed by atoms with Gasteiger partial charge in [0.05, 0.1) is 10.5 Å². The number of thiophene rings is 1. The van der Waals surface area contributed by atoms with E-state index >= 15 is 0 Å². The first-order valence-electron chi connectivity index (χ1n) is 10.3. The summed E-state index contributed by atoms with van der Waals surface area (Å²) in [6.07, 6.45) is 1.96. The maximum atomic E-state index is 12.8. The molecule has 0 spiro atoms. The number of aliphatic hydroxyl groups is 1. The standard InChI is InChI=1S/C22H26N2O5S.ClH/c1-12-10-15-20(30-12)9-6-14(21(15)25)11-23-16-7-8-19(22(16)26)29-18-5-3-4-17(13(18)2)24(27)28;/h3-5,10,14,16,19,22-23,26H,6-9,11H2,1-2H3;1H. The van der Waals surface area contributed by atoms with Gasteiger partial charge in [-0.2, -0.15) is 0 Å². The fourth-order valence-corrected chi connectivity index (χ4v) is 5.54. The first-order chi connectivity index (χ1) is 14.3. The number of nitrogens with zero attached hydrogens (tertiary/aromatic N) is 1. The number of fused-ring (bicyclic) bond motifs is 1. The van der Waals surface area contributed by atoms with Crippen molar-refractivity contribution in [1.29, 1.82) is 0 Å². The molecule has 7 nitrogen and oxygen atoms in total. The molecule has 4 atom stereocenters. The van der Waals surface area contributed by atoms with Crippen LogP contribution in [0, 0.1) is 29.9 Å². The average molecular weight is 467 g/mol. The van der Waals surface area contributed by atoms with Crippen LogP contribution in [0.2, 0.25) is 0 Å². The first kappa shape index (κ1) is 23.7. The van der Waals surface area contributed by atoms with E-state index in [1.165, 1.54) is 15.8 Å². The Morgan fingerprint density at radius 1 is 1.29 bits per heavy atom. The zero-order valence-electron chi connectivity index (χ0n) is 17.5. The van der Waals surface area contributed by atoms with Crippen molar-refractivity contribution >= 4 is 35.2 Å². The molecule has 1 aromatic heterocycles. The monoisotopic (exact) mass is 466 g/mol. The molecule has 9 heteroatoms. The van der Waals surface area contributed by atoms with Crippen molar-refractivity contribution in [3.05, 3.63) is 55.3 Å². The van der Waals surface area contributed by atoms with Gasteiger partial charge >= 0.3 is 0 Å². The van der Waals surface area contributed by atoms with Crippen LogP contribution in [-0.4, -0.2) is 40.6 Å². The molecule has 2 aliphatic rings. The molecule has 168 valence electrons. The second-order valence-corrected chi connectivity index (χ2v) is 9.53. The quantitative estimate of drug-likeness (QED) is 0.492. The zero-order valence-corrected chi connectivity index (χ0v) is 19.1. The molecule has 2 N–H and O–H groups in total. The van der Waals surface area contributed by atoms with Crippen LogP contribution in [0.5, 0.6) is 5.75 Å². The van der Waals surface area contributed by atoms with E-state index < -0.39 is 17.1 Å². The molecular formula is C22H27ClN2O5S. The Balaban J connectivity index is 0.00000272. The van der Waals surface area contributed by atoms with Gasteiger partial charge in [-0.05, 0) is 51.7 Å². The highest BCUT2D eigenvalue weighted by atomic mass is 35.5. The molecule has 0 amide bonds. The third-order valence-corrected chi connectivity index (χ3v) is 7.31. The number of halogens is 1. The van der Waals surface area contributed by atoms with Crippen molar-refractivity contribution in [3.8, 4) is 5.75 Å². The van der Waals surface area contributed by atoms with E-state index in [0.29, 0.717) is 24.3 Å². The second kappa shape index (κ2) is 9.65. The average Bonchev–Trinajstić information content (AvgIpc) is 3.25. The van der Waals surface area contributed by atoms with Crippen molar-refractivity contribution < 1.29 is 19.6 Å². The molecule has 0 bridgehead atoms. The number of hydrogen-bond acceptors (Lipinski definition) is 7. The molecular weight excluding hydrogens is 440 g/mol. The van der Waals surface area contributed by atoms with Crippen molar-refractivity contribution in [3.63, 3.8) is 0 Å². The Morgan fingerprint density at radius 3 is 2.81 bits per heavy atom. The number of ether oxygens (including phenoxy) is 1. The summed E-state index contributed by atoms with van der Waals surface area (Å²) in [6.45, 7) is 4.22. The minimum atomic E-state index is -0.735. The zero-order chi connectivity index (χ0) is 21.4. The lowest BCUT2D eigenvalue weighted by Gasteiger charge is -2.26. The number of carbonyl (C=O) groups is 1. The normalized spacial score (nSPS) is 25.1. The summed E-state index contributed by atoms with van der Waals surface area (Å²) in [7, 11) is 0. The van der Waals surface area contributed by atoms with Crippen molar-refractivity contribution in [2.75, 3.05) is 6.54 Å². The molecule has 1 aromatic carbocycles. The number of Topliss-reactive ketones (excluding diaryl/α,β-unsaturated/α-hetero) is 1. The fourth-order valence-electron chi connectivity index (χ4n) is 4.49. The largest absolute Gasteiger partial charge is 0.487 e. The van der Waals surface area contributed by atoms with Crippen LogP contribution in [0.25, 0.3) is 0 Å². The van der Waals surface area contributed by atoms with Gasteiger partial charge in [0.25, 0.3) is 5.69 Å². The molecule has 4 rings (SSSR count). The fraction of sp³-hybridized carbons (Fsp3) is 0.500. The number of nitro benzene ring substituents is 1. The Bertz CT molecular complexity index is 979. The predicted octanol–water partition coefficient (Wildman–Crippen LogP) is 4.00. The van der Waals surface area contributed by atoms with E-state index in [-0.39, 0.29) is 35.8 Å². The van der Waals surface area contributed by atoms with Gasteiger partial charge in [-0.1, -0.05) is 6.07 Å². The van der Waals surface area contributed by atoms with Crippen LogP contribution < -0.4 is 10.1 Å². The van der Waals surface area contributed by atoms with Crippen LogP contribution in [0.3, 0.4) is 0 Å². The molecule has 0 saturated heterocycles. The van der Waals surface area contributed by atoms with E-state index in [2.05, 4.69) is 5.32 Å². The highest BCUT2D eigenvalue weighted by Gasteiger charge is 2.38. The van der Waals surface area contributed by atoms with Gasteiger partial charge in [-0.3, -0.25) is 14.9 Å². The molecule has 1 heterocycles. The van der Waals surface area contributed by atoms with Crippen LogP contribution in [0.1, 0.15) is 44.9 Å². The Labute approximate surface area is 191 Å². The maximum Gasteiger partial charge on any atom is 0.276 e. The van der Waals surface area contributed by atoms with Gasteiger partial charge in [0, 0.05) is 39.9 Å². The second-order valence-electron chi connectivity index (χ2n) is 8.19. The van der Waals surface area contributed by atoms with Crippen LogP contribution in [0.15, 0.2) is 24.3 Å². The SMILES string of the molecule is Cc1cc2c(s1)CCC(CNC1CCC(Oc3cccc([N+](=O)[O-])c3C)C1O)C2=O.Cl. The minimum absolute atomic E-state index is 0. The summed E-state index contributed by atoms with van der Waals surface area (Å²) in [5.41, 5.74) is 1.33. The summed E-state index contributed by atoms with van der Waals surface area (Å²) >= 11 is 1.70. The van der Waals surface area contributed by atoms with Gasteiger partial charge < -0.3 is 15.2 Å². The van der Waals surface area contributed by atoms with Gasteiger partial charge in [-0.25, -0.2) is 0 Å². The maximum absolute atomic E-state index is 12.8.